The van der Waals surface area contributed by atoms with E-state index in [1.807, 2.05) is 0 Å². The minimum absolute atomic E-state index is 0.112. The van der Waals surface area contributed by atoms with Crippen molar-refractivity contribution in [3.63, 3.8) is 0 Å². The molecule has 41 heavy (non-hydrogen) atoms. The van der Waals surface area contributed by atoms with Crippen molar-refractivity contribution in [2.45, 2.75) is 35.9 Å². The Balaban J connectivity index is 1.23. The van der Waals surface area contributed by atoms with Crippen molar-refractivity contribution in [3.8, 4) is 5.75 Å². The molecule has 0 N–H and O–H groups in total. The van der Waals surface area contributed by atoms with E-state index in [-0.39, 0.29) is 15.7 Å². The quantitative estimate of drug-likeness (QED) is 0.0849. The van der Waals surface area contributed by atoms with Crippen LogP contribution in [0.4, 0.5) is 17.6 Å². The van der Waals surface area contributed by atoms with Gasteiger partial charge in [-0.25, -0.2) is 4.79 Å². The fourth-order valence-electron chi connectivity index (χ4n) is 4.40. The predicted octanol–water partition coefficient (Wildman–Crippen LogP) is 7.23. The van der Waals surface area contributed by atoms with Gasteiger partial charge in [0.2, 0.25) is 0 Å². The number of hydrogen-bond donors (Lipinski definition) is 0. The number of halogens is 5. The number of benzene rings is 3. The van der Waals surface area contributed by atoms with Crippen LogP contribution in [0, 0.1) is 3.57 Å². The predicted molar refractivity (Wildman–Crippen MR) is 153 cm³/mol. The van der Waals surface area contributed by atoms with Gasteiger partial charge >= 0.3 is 191 Å². The first-order valence-electron chi connectivity index (χ1n) is 12.6. The molecule has 216 valence electrons. The van der Waals surface area contributed by atoms with E-state index in [2.05, 4.69) is 4.74 Å². The van der Waals surface area contributed by atoms with Crippen molar-refractivity contribution in [2.75, 3.05) is 13.6 Å². The van der Waals surface area contributed by atoms with E-state index in [1.54, 1.807) is 50.2 Å². The third-order valence-corrected chi connectivity index (χ3v) is 12.0. The monoisotopic (exact) mass is 683 g/mol. The normalized spacial score (nSPS) is 15.5. The van der Waals surface area contributed by atoms with E-state index in [0.717, 1.165) is 0 Å². The molecule has 1 aromatic heterocycles. The average Bonchev–Trinajstić information content (AvgIpc) is 3.22. The summed E-state index contributed by atoms with van der Waals surface area (Å²) in [7, 11) is 1.52. The molecule has 1 aliphatic rings. The molecule has 0 radical (unpaired) electrons. The smallest absolute Gasteiger partial charge is 0.422 e. The zero-order chi connectivity index (χ0) is 29.6. The third kappa shape index (κ3) is 5.56. The Morgan fingerprint density at radius 1 is 0.976 bits per heavy atom. The number of carbonyl (C=O) groups is 1. The zero-order valence-electron chi connectivity index (χ0n) is 22.3. The molecule has 0 saturated heterocycles. The molecule has 1 aliphatic heterocycles. The summed E-state index contributed by atoms with van der Waals surface area (Å²) in [5, 5.41) is 0.609. The molecule has 0 aliphatic carbocycles. The van der Waals surface area contributed by atoms with Crippen LogP contribution in [0.15, 0.2) is 88.1 Å². The van der Waals surface area contributed by atoms with Gasteiger partial charge in [-0.05, 0) is 12.1 Å². The van der Waals surface area contributed by atoms with Crippen molar-refractivity contribution in [3.05, 3.63) is 110 Å². The van der Waals surface area contributed by atoms with Gasteiger partial charge in [0.15, 0.2) is 0 Å². The van der Waals surface area contributed by atoms with Gasteiger partial charge in [0.25, 0.3) is 0 Å². The molecule has 1 amide bonds. The first-order chi connectivity index (χ1) is 19.3. The summed E-state index contributed by atoms with van der Waals surface area (Å²) in [5.41, 5.74) is -0.472. The Hall–Kier alpha value is -3.45. The van der Waals surface area contributed by atoms with Gasteiger partial charge < -0.3 is 4.42 Å². The topological polar surface area (TPSA) is 69.0 Å². The number of para-hydroxylation sites is 1. The Morgan fingerprint density at radius 3 is 2.37 bits per heavy atom. The number of rotatable bonds is 8. The van der Waals surface area contributed by atoms with Crippen LogP contribution < -0.4 is 10.4 Å². The fourth-order valence-corrected chi connectivity index (χ4v) is 9.55. The molecule has 2 heterocycles. The molecule has 0 saturated carbocycles. The van der Waals surface area contributed by atoms with E-state index in [0.29, 0.717) is 28.5 Å². The van der Waals surface area contributed by atoms with E-state index < -0.39 is 53.2 Å². The molecule has 0 bridgehead atoms. The zero-order valence-corrected chi connectivity index (χ0v) is 24.5. The molecule has 0 fully saturated rings. The second-order valence-corrected chi connectivity index (χ2v) is 14.4. The van der Waals surface area contributed by atoms with E-state index in [1.165, 1.54) is 54.4 Å². The minimum Gasteiger partial charge on any atom is -0.422 e. The maximum atomic E-state index is 15.2. The van der Waals surface area contributed by atoms with Crippen LogP contribution >= 0.6 is 20.2 Å². The van der Waals surface area contributed by atoms with Crippen LogP contribution in [0.25, 0.3) is 11.0 Å². The Labute approximate surface area is 240 Å². The first kappa shape index (κ1) is 29.1. The average molecular weight is 683 g/mol. The maximum absolute atomic E-state index is 15.2. The summed E-state index contributed by atoms with van der Waals surface area (Å²) in [6, 6.07) is 19.8. The van der Waals surface area contributed by atoms with Gasteiger partial charge in [-0.3, -0.25) is 0 Å². The van der Waals surface area contributed by atoms with Gasteiger partial charge in [0, 0.05) is 5.39 Å². The van der Waals surface area contributed by atoms with Gasteiger partial charge in [0.05, 0.1) is 0 Å². The molecule has 4 aromatic rings. The molecule has 6 nitrogen and oxygen atoms in total. The number of ether oxygens (including phenoxy) is 1. The van der Waals surface area contributed by atoms with E-state index in [4.69, 9.17) is 7.48 Å². The molecule has 0 spiro atoms. The molecule has 0 unspecified atom stereocenters. The number of alkyl halides is 5. The van der Waals surface area contributed by atoms with Crippen molar-refractivity contribution < 1.29 is 34.6 Å². The van der Waals surface area contributed by atoms with Gasteiger partial charge in [-0.15, -0.1) is 0 Å². The van der Waals surface area contributed by atoms with Crippen LogP contribution in [0.5, 0.6) is 5.75 Å². The van der Waals surface area contributed by atoms with Crippen LogP contribution in [-0.2, 0) is 15.1 Å². The van der Waals surface area contributed by atoms with Gasteiger partial charge in [-0.1, -0.05) is 18.2 Å². The molecule has 0 atom stereocenters. The van der Waals surface area contributed by atoms with Crippen LogP contribution in [0.3, 0.4) is 0 Å². The first-order valence-corrected chi connectivity index (χ1v) is 15.6. The van der Waals surface area contributed by atoms with E-state index in [9.17, 15) is 18.4 Å². The van der Waals surface area contributed by atoms with Crippen molar-refractivity contribution in [1.29, 1.82) is 0 Å². The number of hydrogen-bond acceptors (Lipinski definition) is 5. The summed E-state index contributed by atoms with van der Waals surface area (Å²) in [5.74, 6) is -0.964. The van der Waals surface area contributed by atoms with Crippen molar-refractivity contribution in [2.24, 2.45) is 0 Å². The second-order valence-electron chi connectivity index (χ2n) is 10.0. The van der Waals surface area contributed by atoms with Crippen LogP contribution in [-0.4, -0.2) is 34.4 Å². The Kier molecular flexibility index (Phi) is 7.62. The summed E-state index contributed by atoms with van der Waals surface area (Å²) < 4.78 is 71.3. The molecule has 3 aromatic carbocycles. The van der Waals surface area contributed by atoms with Crippen molar-refractivity contribution >= 4 is 37.1 Å². The fraction of sp³-hybridized carbons (Fsp3) is 0.267. The Bertz CT molecular complexity index is 1660. The molecular weight excluding hydrogens is 657 g/mol. The third-order valence-electron chi connectivity index (χ3n) is 6.65. The van der Waals surface area contributed by atoms with Crippen LogP contribution in [0.1, 0.15) is 35.3 Å². The van der Waals surface area contributed by atoms with Crippen LogP contribution in [0.2, 0.25) is 0 Å². The molecule has 5 rings (SSSR count). The van der Waals surface area contributed by atoms with E-state index >= 15 is 8.78 Å². The SMILES string of the molecule is CN(CCc1ccc(OC(F)(F)C(F)(F)I2OC(C)(C)c3ccccc32)cc1)C(=O)c1cc2ccccc2oc1=O. The second kappa shape index (κ2) is 10.8. The summed E-state index contributed by atoms with van der Waals surface area (Å²) in [4.78, 5) is 26.5. The summed E-state index contributed by atoms with van der Waals surface area (Å²) in [6.07, 6.45) is -4.50. The minimum atomic E-state index is -4.81. The molecular formula is C30H26F4INO5. The molecule has 11 heteroatoms. The summed E-state index contributed by atoms with van der Waals surface area (Å²) >= 11 is -4.16. The van der Waals surface area contributed by atoms with Gasteiger partial charge in [0.1, 0.15) is 5.58 Å². The Morgan fingerprint density at radius 2 is 1.63 bits per heavy atom. The summed E-state index contributed by atoms with van der Waals surface area (Å²) in [6.45, 7) is 3.36. The number of amides is 1. The number of carbonyl (C=O) groups excluding carboxylic acids is 1. The number of likely N-dealkylation sites (N-methyl/N-ethyl adjacent to an activating group) is 1. The van der Waals surface area contributed by atoms with Crippen molar-refractivity contribution in [1.82, 2.24) is 4.90 Å². The number of nitrogens with zero attached hydrogens (tertiary/aromatic N) is 1. The standard InChI is InChI=1S/C30H26F4INO5/c1-28(2)23-9-5-6-10-24(23)35(41-28)29(31,32)30(33,34)40-21-14-12-19(13-15-21)16-17-36(3)26(37)22-18-20-8-4-7-11-25(20)39-27(22)38/h4-15,18H,16-17H2,1-3H3. The van der Waals surface area contributed by atoms with Gasteiger partial charge in [-0.2, -0.15) is 0 Å². The number of fused-ring (bicyclic) bond motifs is 2.